The van der Waals surface area contributed by atoms with E-state index in [0.29, 0.717) is 25.9 Å². The molecule has 0 amide bonds. The van der Waals surface area contributed by atoms with E-state index in [-0.39, 0.29) is 5.92 Å². The molecule has 17 heavy (non-hydrogen) atoms. The summed E-state index contributed by atoms with van der Waals surface area (Å²) in [6.07, 6.45) is 1.29. The first-order valence-corrected chi connectivity index (χ1v) is 6.09. The van der Waals surface area contributed by atoms with Crippen LogP contribution in [0.3, 0.4) is 0 Å². The summed E-state index contributed by atoms with van der Waals surface area (Å²) in [6.45, 7) is 11.2. The minimum Gasteiger partial charge on any atom is -0.382 e. The largest absolute Gasteiger partial charge is 0.382 e. The van der Waals surface area contributed by atoms with Gasteiger partial charge in [-0.15, -0.1) is 0 Å². The summed E-state index contributed by atoms with van der Waals surface area (Å²) in [4.78, 5) is 9.74. The van der Waals surface area contributed by atoms with Gasteiger partial charge in [0.25, 0.3) is 0 Å². The molecule has 4 nitrogen and oxygen atoms in total. The number of carbonyl (C=O) groups excluding carboxylic acids is 1. The molecule has 0 aliphatic rings. The molecule has 0 aromatic heterocycles. The molecule has 0 radical (unpaired) electrons. The lowest BCUT2D eigenvalue weighted by Gasteiger charge is -1.91. The van der Waals surface area contributed by atoms with Crippen LogP contribution in [-0.2, 0) is 14.3 Å². The van der Waals surface area contributed by atoms with Crippen molar-refractivity contribution in [3.8, 4) is 6.07 Å². The first kappa shape index (κ1) is 25.1. The van der Waals surface area contributed by atoms with Crippen LogP contribution in [0.2, 0.25) is 0 Å². The van der Waals surface area contributed by atoms with Gasteiger partial charge in [0.15, 0.2) is 0 Å². The van der Waals surface area contributed by atoms with Gasteiger partial charge in [-0.2, -0.15) is 5.26 Å². The Morgan fingerprint density at radius 1 is 1.12 bits per heavy atom. The zero-order valence-corrected chi connectivity index (χ0v) is 12.4. The van der Waals surface area contributed by atoms with Gasteiger partial charge in [0, 0.05) is 14.2 Å². The first-order valence-electron chi connectivity index (χ1n) is 6.09. The van der Waals surface area contributed by atoms with E-state index in [9.17, 15) is 4.79 Å². The van der Waals surface area contributed by atoms with Crippen molar-refractivity contribution in [3.05, 3.63) is 0 Å². The van der Waals surface area contributed by atoms with E-state index >= 15 is 0 Å². The SMILES string of the molecule is CC.CC.CCC(C#N)C=O.COCCOC. The molecule has 1 atom stereocenters. The Balaban J connectivity index is -0.0000000772. The van der Waals surface area contributed by atoms with Crippen LogP contribution >= 0.6 is 0 Å². The van der Waals surface area contributed by atoms with Crippen molar-refractivity contribution in [2.75, 3.05) is 27.4 Å². The number of aldehydes is 1. The second kappa shape index (κ2) is 36.3. The smallest absolute Gasteiger partial charge is 0.137 e. The Morgan fingerprint density at radius 2 is 1.47 bits per heavy atom. The summed E-state index contributed by atoms with van der Waals surface area (Å²) in [5.74, 6) is -0.389. The summed E-state index contributed by atoms with van der Waals surface area (Å²) in [6, 6.07) is 1.83. The predicted octanol–water partition coefficient (Wildman–Crippen LogP) is 3.07. The third-order valence-electron chi connectivity index (χ3n) is 1.26. The van der Waals surface area contributed by atoms with Crippen molar-refractivity contribution in [3.63, 3.8) is 0 Å². The Hall–Kier alpha value is -0.920. The second-order valence-corrected chi connectivity index (χ2v) is 2.27. The van der Waals surface area contributed by atoms with Crippen molar-refractivity contribution >= 4 is 6.29 Å². The van der Waals surface area contributed by atoms with Crippen LogP contribution in [0.5, 0.6) is 0 Å². The summed E-state index contributed by atoms with van der Waals surface area (Å²) >= 11 is 0. The number of nitrogens with zero attached hydrogens (tertiary/aromatic N) is 1. The molecule has 104 valence electrons. The summed E-state index contributed by atoms with van der Waals surface area (Å²) < 4.78 is 9.31. The van der Waals surface area contributed by atoms with Crippen LogP contribution in [0, 0.1) is 17.2 Å². The number of methoxy groups -OCH3 is 2. The highest BCUT2D eigenvalue weighted by Crippen LogP contribution is 1.92. The van der Waals surface area contributed by atoms with Gasteiger partial charge in [-0.1, -0.05) is 34.6 Å². The lowest BCUT2D eigenvalue weighted by molar-refractivity contribution is -0.109. The lowest BCUT2D eigenvalue weighted by atomic mass is 10.1. The number of carbonyl (C=O) groups is 1. The normalized spacial score (nSPS) is 8.82. The summed E-state index contributed by atoms with van der Waals surface area (Å²) in [7, 11) is 3.30. The standard InChI is InChI=1S/C5H7NO.C4H10O2.2C2H6/c1-2-5(3-6)4-7;1-5-3-4-6-2;2*1-2/h4-5H,2H2,1H3;3-4H2,1-2H3;2*1-2H3. The highest BCUT2D eigenvalue weighted by molar-refractivity contribution is 5.57. The number of hydrogen-bond donors (Lipinski definition) is 0. The maximum atomic E-state index is 9.74. The van der Waals surface area contributed by atoms with E-state index < -0.39 is 0 Å². The monoisotopic (exact) mass is 247 g/mol. The van der Waals surface area contributed by atoms with Gasteiger partial charge >= 0.3 is 0 Å². The molecule has 4 heteroatoms. The molecule has 0 aromatic rings. The number of ether oxygens (including phenoxy) is 2. The van der Waals surface area contributed by atoms with E-state index in [0.717, 1.165) is 0 Å². The van der Waals surface area contributed by atoms with Gasteiger partial charge in [-0.25, -0.2) is 0 Å². The Kier molecular flexibility index (Phi) is 53.4. The predicted molar refractivity (Wildman–Crippen MR) is 71.9 cm³/mol. The van der Waals surface area contributed by atoms with E-state index in [1.165, 1.54) is 0 Å². The average molecular weight is 247 g/mol. The minimum absolute atomic E-state index is 0.389. The van der Waals surface area contributed by atoms with Crippen LogP contribution in [0.4, 0.5) is 0 Å². The van der Waals surface area contributed by atoms with E-state index in [2.05, 4.69) is 9.47 Å². The molecular weight excluding hydrogens is 218 g/mol. The van der Waals surface area contributed by atoms with Gasteiger partial charge in [0.1, 0.15) is 12.2 Å². The zero-order chi connectivity index (χ0) is 14.5. The second-order valence-electron chi connectivity index (χ2n) is 2.27. The summed E-state index contributed by atoms with van der Waals surface area (Å²) in [5, 5.41) is 8.04. The molecule has 0 saturated heterocycles. The van der Waals surface area contributed by atoms with Crippen molar-refractivity contribution < 1.29 is 14.3 Å². The first-order chi connectivity index (χ1) is 8.26. The van der Waals surface area contributed by atoms with Gasteiger partial charge in [-0.3, -0.25) is 0 Å². The average Bonchev–Trinajstić information content (AvgIpc) is 2.43. The van der Waals surface area contributed by atoms with Crippen LogP contribution in [0.15, 0.2) is 0 Å². The van der Waals surface area contributed by atoms with Crippen LogP contribution in [-0.4, -0.2) is 33.7 Å². The highest BCUT2D eigenvalue weighted by atomic mass is 16.5. The van der Waals surface area contributed by atoms with Crippen LogP contribution in [0.25, 0.3) is 0 Å². The lowest BCUT2D eigenvalue weighted by Crippen LogP contribution is -1.96. The molecule has 0 aliphatic carbocycles. The fraction of sp³-hybridized carbons (Fsp3) is 0.846. The van der Waals surface area contributed by atoms with E-state index in [1.807, 2.05) is 40.7 Å². The summed E-state index contributed by atoms with van der Waals surface area (Å²) in [5.41, 5.74) is 0. The maximum Gasteiger partial charge on any atom is 0.137 e. The molecule has 1 unspecified atom stereocenters. The molecule has 0 fully saturated rings. The Bertz CT molecular complexity index is 140. The molecular formula is C13H29NO3. The van der Waals surface area contributed by atoms with Crippen molar-refractivity contribution in [2.45, 2.75) is 41.0 Å². The maximum absolute atomic E-state index is 9.74. The quantitative estimate of drug-likeness (QED) is 0.553. The molecule has 0 heterocycles. The molecule has 0 N–H and O–H groups in total. The van der Waals surface area contributed by atoms with Gasteiger partial charge in [0.05, 0.1) is 19.3 Å². The molecule has 0 spiro atoms. The minimum atomic E-state index is -0.389. The van der Waals surface area contributed by atoms with Gasteiger partial charge in [-0.05, 0) is 6.42 Å². The molecule has 0 saturated carbocycles. The van der Waals surface area contributed by atoms with Crippen LogP contribution in [0.1, 0.15) is 41.0 Å². The van der Waals surface area contributed by atoms with Crippen molar-refractivity contribution in [1.29, 1.82) is 5.26 Å². The molecule has 0 bridgehead atoms. The van der Waals surface area contributed by atoms with Crippen molar-refractivity contribution in [2.24, 2.45) is 5.92 Å². The van der Waals surface area contributed by atoms with E-state index in [4.69, 9.17) is 5.26 Å². The Morgan fingerprint density at radius 3 is 1.53 bits per heavy atom. The van der Waals surface area contributed by atoms with Crippen LogP contribution < -0.4 is 0 Å². The van der Waals surface area contributed by atoms with Crippen molar-refractivity contribution in [1.82, 2.24) is 0 Å². The Labute approximate surface area is 107 Å². The van der Waals surface area contributed by atoms with E-state index in [1.54, 1.807) is 14.2 Å². The van der Waals surface area contributed by atoms with Gasteiger partial charge in [0.2, 0.25) is 0 Å². The fourth-order valence-corrected chi connectivity index (χ4v) is 0.385. The topological polar surface area (TPSA) is 59.3 Å². The molecule has 0 aromatic carbocycles. The number of rotatable bonds is 5. The molecule has 0 rings (SSSR count). The highest BCUT2D eigenvalue weighted by Gasteiger charge is 1.97. The third-order valence-corrected chi connectivity index (χ3v) is 1.26. The number of nitriles is 1. The molecule has 0 aliphatic heterocycles. The fourth-order valence-electron chi connectivity index (χ4n) is 0.385. The zero-order valence-electron chi connectivity index (χ0n) is 12.4. The van der Waals surface area contributed by atoms with Gasteiger partial charge < -0.3 is 14.3 Å². The number of hydrogen-bond acceptors (Lipinski definition) is 4. The third kappa shape index (κ3) is 39.5.